The minimum absolute atomic E-state index is 0.0264. The molecule has 0 aliphatic rings. The van der Waals surface area contributed by atoms with Crippen LogP contribution in [0, 0.1) is 12.3 Å². The molecule has 1 aromatic rings. The molecule has 0 aromatic carbocycles. The minimum Gasteiger partial charge on any atom is -0.392 e. The summed E-state index contributed by atoms with van der Waals surface area (Å²) in [6.07, 6.45) is -0.504. The van der Waals surface area contributed by atoms with E-state index in [0.717, 1.165) is 4.57 Å². The van der Waals surface area contributed by atoms with Crippen LogP contribution >= 0.6 is 0 Å². The average Bonchev–Trinajstić information content (AvgIpc) is 2.43. The Morgan fingerprint density at radius 2 is 2.29 bits per heavy atom. The minimum atomic E-state index is -3.23. The van der Waals surface area contributed by atoms with E-state index in [1.165, 1.54) is 19.2 Å². The van der Waals surface area contributed by atoms with E-state index in [9.17, 15) is 23.8 Å². The molecule has 1 heterocycles. The van der Waals surface area contributed by atoms with Gasteiger partial charge in [0.1, 0.15) is 12.0 Å². The van der Waals surface area contributed by atoms with Crippen molar-refractivity contribution in [3.63, 3.8) is 0 Å². The van der Waals surface area contributed by atoms with Gasteiger partial charge in [0.15, 0.2) is 11.7 Å². The van der Waals surface area contributed by atoms with E-state index >= 15 is 0 Å². The monoisotopic (exact) mass is 303 g/mol. The number of aliphatic hydroxyl groups excluding tert-OH is 2. The van der Waals surface area contributed by atoms with Crippen molar-refractivity contribution in [3.8, 4) is 12.3 Å². The van der Waals surface area contributed by atoms with Crippen LogP contribution in [0.3, 0.4) is 0 Å². The number of hydrogen-bond acceptors (Lipinski definition) is 6. The SMILES string of the molecule is C#C[C@](CO)(O[C@H](C)n1ccc(N)nc1=O)[C@@H](O)C(F)F. The predicted octanol–water partition coefficient (Wildman–Crippen LogP) is -0.649. The van der Waals surface area contributed by atoms with Crippen molar-refractivity contribution < 1.29 is 23.7 Å². The molecule has 0 aliphatic heterocycles. The summed E-state index contributed by atoms with van der Waals surface area (Å²) < 4.78 is 31.4. The Morgan fingerprint density at radius 3 is 2.71 bits per heavy atom. The molecule has 116 valence electrons. The number of nitrogens with two attached hydrogens (primary N) is 1. The first-order valence-corrected chi connectivity index (χ1v) is 5.84. The third-order valence-electron chi connectivity index (χ3n) is 2.82. The van der Waals surface area contributed by atoms with Gasteiger partial charge in [-0.05, 0) is 13.0 Å². The molecule has 0 saturated heterocycles. The number of ether oxygens (including phenoxy) is 1. The molecular formula is C12H15F2N3O4. The Kier molecular flexibility index (Phi) is 5.37. The molecule has 0 amide bonds. The predicted molar refractivity (Wildman–Crippen MR) is 69.4 cm³/mol. The van der Waals surface area contributed by atoms with E-state index in [-0.39, 0.29) is 5.82 Å². The van der Waals surface area contributed by atoms with Crippen molar-refractivity contribution in [2.24, 2.45) is 0 Å². The zero-order valence-electron chi connectivity index (χ0n) is 11.1. The van der Waals surface area contributed by atoms with Gasteiger partial charge in [0.2, 0.25) is 0 Å². The van der Waals surface area contributed by atoms with Crippen LogP contribution < -0.4 is 11.4 Å². The van der Waals surface area contributed by atoms with Gasteiger partial charge in [-0.1, -0.05) is 5.92 Å². The lowest BCUT2D eigenvalue weighted by Crippen LogP contribution is -2.52. The number of nitrogens with zero attached hydrogens (tertiary/aromatic N) is 2. The summed E-state index contributed by atoms with van der Waals surface area (Å²) in [6, 6.07) is 1.29. The first-order chi connectivity index (χ1) is 9.77. The first kappa shape index (κ1) is 17.0. The van der Waals surface area contributed by atoms with Crippen LogP contribution in [0.1, 0.15) is 13.2 Å². The van der Waals surface area contributed by atoms with E-state index in [1.807, 2.05) is 5.92 Å². The van der Waals surface area contributed by atoms with Crippen LogP contribution in [0.15, 0.2) is 17.1 Å². The van der Waals surface area contributed by atoms with Crippen LogP contribution in [-0.2, 0) is 4.74 Å². The number of alkyl halides is 2. The van der Waals surface area contributed by atoms with Gasteiger partial charge in [-0.15, -0.1) is 6.42 Å². The summed E-state index contributed by atoms with van der Waals surface area (Å²) in [5.41, 5.74) is 2.17. The highest BCUT2D eigenvalue weighted by Crippen LogP contribution is 2.25. The summed E-state index contributed by atoms with van der Waals surface area (Å²) in [5.74, 6) is 1.79. The fourth-order valence-corrected chi connectivity index (χ4v) is 1.63. The van der Waals surface area contributed by atoms with Crippen molar-refractivity contribution in [2.75, 3.05) is 12.3 Å². The smallest absolute Gasteiger partial charge is 0.351 e. The number of rotatable bonds is 6. The maximum atomic E-state index is 12.6. The Balaban J connectivity index is 3.10. The molecule has 0 bridgehead atoms. The molecular weight excluding hydrogens is 288 g/mol. The zero-order valence-corrected chi connectivity index (χ0v) is 11.1. The third-order valence-corrected chi connectivity index (χ3v) is 2.82. The van der Waals surface area contributed by atoms with E-state index in [1.54, 1.807) is 0 Å². The Labute approximate surface area is 119 Å². The molecule has 21 heavy (non-hydrogen) atoms. The van der Waals surface area contributed by atoms with E-state index < -0.39 is 36.7 Å². The number of halogens is 2. The quantitative estimate of drug-likeness (QED) is 0.602. The van der Waals surface area contributed by atoms with Gasteiger partial charge in [0.25, 0.3) is 6.43 Å². The molecule has 0 fully saturated rings. The summed E-state index contributed by atoms with van der Waals surface area (Å²) in [7, 11) is 0. The van der Waals surface area contributed by atoms with Crippen LogP contribution in [-0.4, -0.2) is 44.5 Å². The molecule has 0 saturated carbocycles. The van der Waals surface area contributed by atoms with E-state index in [0.29, 0.717) is 0 Å². The van der Waals surface area contributed by atoms with Crippen LogP contribution in [0.5, 0.6) is 0 Å². The standard InChI is InChI=1S/C12H15F2N3O4/c1-3-12(6-18,9(19)10(13)14)21-7(2)17-5-4-8(15)16-11(17)20/h1,4-5,7,9-10,18-19H,6H2,2H3,(H2,15,16,20)/t7-,9+,12-/m1/s1. The van der Waals surface area contributed by atoms with Crippen LogP contribution in [0.2, 0.25) is 0 Å². The maximum Gasteiger partial charge on any atom is 0.351 e. The largest absolute Gasteiger partial charge is 0.392 e. The lowest BCUT2D eigenvalue weighted by Gasteiger charge is -2.34. The Morgan fingerprint density at radius 1 is 1.67 bits per heavy atom. The Hall–Kier alpha value is -2.02. The molecule has 0 unspecified atom stereocenters. The highest BCUT2D eigenvalue weighted by molar-refractivity contribution is 5.23. The molecule has 3 atom stereocenters. The number of aromatic nitrogens is 2. The molecule has 1 rings (SSSR count). The number of hydrogen-bond donors (Lipinski definition) is 3. The van der Waals surface area contributed by atoms with Gasteiger partial charge in [-0.25, -0.2) is 13.6 Å². The van der Waals surface area contributed by atoms with Gasteiger partial charge in [0, 0.05) is 6.20 Å². The Bertz CT molecular complexity index is 587. The van der Waals surface area contributed by atoms with Gasteiger partial charge in [-0.3, -0.25) is 4.57 Å². The number of aliphatic hydroxyl groups is 2. The second-order valence-corrected chi connectivity index (χ2v) is 4.23. The topological polar surface area (TPSA) is 111 Å². The summed E-state index contributed by atoms with van der Waals surface area (Å²) >= 11 is 0. The van der Waals surface area contributed by atoms with Gasteiger partial charge in [-0.2, -0.15) is 4.98 Å². The highest BCUT2D eigenvalue weighted by Gasteiger charge is 2.44. The fourth-order valence-electron chi connectivity index (χ4n) is 1.63. The van der Waals surface area contributed by atoms with Crippen LogP contribution in [0.25, 0.3) is 0 Å². The van der Waals surface area contributed by atoms with Crippen molar-refractivity contribution in [1.82, 2.24) is 9.55 Å². The summed E-state index contributed by atoms with van der Waals surface area (Å²) in [6.45, 7) is 0.260. The zero-order chi connectivity index (χ0) is 16.2. The lowest BCUT2D eigenvalue weighted by atomic mass is 9.98. The van der Waals surface area contributed by atoms with E-state index in [4.69, 9.17) is 16.9 Å². The first-order valence-electron chi connectivity index (χ1n) is 5.84. The molecule has 9 heteroatoms. The van der Waals surface area contributed by atoms with Gasteiger partial charge >= 0.3 is 5.69 Å². The van der Waals surface area contributed by atoms with Crippen molar-refractivity contribution in [2.45, 2.75) is 31.3 Å². The second kappa shape index (κ2) is 6.62. The number of terminal acetylenes is 1. The number of nitrogen functional groups attached to an aromatic ring is 1. The van der Waals surface area contributed by atoms with Crippen molar-refractivity contribution in [1.29, 1.82) is 0 Å². The van der Waals surface area contributed by atoms with E-state index in [2.05, 4.69) is 4.98 Å². The maximum absolute atomic E-state index is 12.6. The van der Waals surface area contributed by atoms with Gasteiger partial charge in [0.05, 0.1) is 6.61 Å². The molecule has 0 aliphatic carbocycles. The average molecular weight is 303 g/mol. The highest BCUT2D eigenvalue weighted by atomic mass is 19.3. The molecule has 7 nitrogen and oxygen atoms in total. The molecule has 1 aromatic heterocycles. The molecule has 4 N–H and O–H groups in total. The van der Waals surface area contributed by atoms with Crippen LogP contribution in [0.4, 0.5) is 14.6 Å². The van der Waals surface area contributed by atoms with Crippen molar-refractivity contribution >= 4 is 5.82 Å². The van der Waals surface area contributed by atoms with Crippen molar-refractivity contribution in [3.05, 3.63) is 22.7 Å². The fraction of sp³-hybridized carbons (Fsp3) is 0.500. The molecule has 0 radical (unpaired) electrons. The summed E-state index contributed by atoms with van der Waals surface area (Å²) in [5, 5.41) is 18.7. The summed E-state index contributed by atoms with van der Waals surface area (Å²) in [4.78, 5) is 15.1. The normalized spacial score (nSPS) is 17.0. The third kappa shape index (κ3) is 3.55. The number of anilines is 1. The lowest BCUT2D eigenvalue weighted by molar-refractivity contribution is -0.190. The van der Waals surface area contributed by atoms with Gasteiger partial charge < -0.3 is 20.7 Å². The molecule has 0 spiro atoms. The second-order valence-electron chi connectivity index (χ2n) is 4.23.